The van der Waals surface area contributed by atoms with Gasteiger partial charge in [0.15, 0.2) is 0 Å². The highest BCUT2D eigenvalue weighted by atomic mass is 16.5. The molecule has 1 heterocycles. The molecule has 1 aliphatic rings. The zero-order chi connectivity index (χ0) is 19.2. The van der Waals surface area contributed by atoms with Gasteiger partial charge < -0.3 is 15.4 Å². The predicted molar refractivity (Wildman–Crippen MR) is 113 cm³/mol. The van der Waals surface area contributed by atoms with Crippen LogP contribution in [-0.2, 0) is 6.54 Å². The first-order chi connectivity index (χ1) is 13.0. The van der Waals surface area contributed by atoms with Gasteiger partial charge in [-0.25, -0.2) is 0 Å². The van der Waals surface area contributed by atoms with Gasteiger partial charge in [0.05, 0.1) is 6.10 Å². The van der Waals surface area contributed by atoms with Crippen molar-refractivity contribution in [3.63, 3.8) is 0 Å². The molecule has 1 fully saturated rings. The van der Waals surface area contributed by atoms with Gasteiger partial charge in [-0.1, -0.05) is 56.3 Å². The lowest BCUT2D eigenvalue weighted by Crippen LogP contribution is -2.45. The van der Waals surface area contributed by atoms with Crippen LogP contribution in [0.15, 0.2) is 48.5 Å². The normalized spacial score (nSPS) is 20.2. The van der Waals surface area contributed by atoms with E-state index in [1.165, 1.54) is 29.5 Å². The van der Waals surface area contributed by atoms with Gasteiger partial charge in [0, 0.05) is 24.2 Å². The van der Waals surface area contributed by atoms with Gasteiger partial charge in [0.2, 0.25) is 0 Å². The van der Waals surface area contributed by atoms with E-state index in [0.717, 1.165) is 18.8 Å². The molecule has 3 heteroatoms. The zero-order valence-corrected chi connectivity index (χ0v) is 17.2. The summed E-state index contributed by atoms with van der Waals surface area (Å²) < 4.78 is 6.08. The summed E-state index contributed by atoms with van der Waals surface area (Å²) in [6, 6.07) is 18.2. The van der Waals surface area contributed by atoms with Crippen LogP contribution in [0.1, 0.15) is 69.2 Å². The lowest BCUT2D eigenvalue weighted by molar-refractivity contribution is 0.237. The smallest absolute Gasteiger partial charge is 0.124 e. The van der Waals surface area contributed by atoms with Gasteiger partial charge in [-0.2, -0.15) is 0 Å². The quantitative estimate of drug-likeness (QED) is 0.708. The molecule has 3 nitrogen and oxygen atoms in total. The molecule has 0 radical (unpaired) electrons. The average Bonchev–Trinajstić information content (AvgIpc) is 2.67. The summed E-state index contributed by atoms with van der Waals surface area (Å²) in [7, 11) is 0. The molecule has 2 atom stereocenters. The van der Waals surface area contributed by atoms with Crippen LogP contribution in [0.25, 0.3) is 0 Å². The third kappa shape index (κ3) is 5.33. The molecule has 0 bridgehead atoms. The second-order valence-corrected chi connectivity index (χ2v) is 8.16. The topological polar surface area (TPSA) is 33.3 Å². The number of piperidine rings is 1. The summed E-state index contributed by atoms with van der Waals surface area (Å²) in [5, 5.41) is 7.53. The molecule has 0 spiro atoms. The fourth-order valence-corrected chi connectivity index (χ4v) is 3.83. The number of benzene rings is 2. The lowest BCUT2D eigenvalue weighted by atomic mass is 9.92. The van der Waals surface area contributed by atoms with Crippen molar-refractivity contribution in [2.75, 3.05) is 6.54 Å². The Hall–Kier alpha value is -1.84. The van der Waals surface area contributed by atoms with Crippen molar-refractivity contribution in [2.45, 2.75) is 71.2 Å². The molecule has 2 aromatic carbocycles. The summed E-state index contributed by atoms with van der Waals surface area (Å²) >= 11 is 0. The number of hydrogen-bond acceptors (Lipinski definition) is 3. The monoisotopic (exact) mass is 366 g/mol. The maximum absolute atomic E-state index is 6.08. The molecule has 0 unspecified atom stereocenters. The number of rotatable bonds is 7. The van der Waals surface area contributed by atoms with Crippen LogP contribution in [-0.4, -0.2) is 18.7 Å². The van der Waals surface area contributed by atoms with E-state index in [4.69, 9.17) is 4.74 Å². The van der Waals surface area contributed by atoms with Gasteiger partial charge in [-0.15, -0.1) is 0 Å². The molecule has 2 aromatic rings. The zero-order valence-electron chi connectivity index (χ0n) is 17.2. The number of hydrogen-bond donors (Lipinski definition) is 2. The Morgan fingerprint density at radius 1 is 1.07 bits per heavy atom. The van der Waals surface area contributed by atoms with Crippen molar-refractivity contribution in [3.8, 4) is 5.75 Å². The summed E-state index contributed by atoms with van der Waals surface area (Å²) in [6.07, 6.45) is 2.58. The summed E-state index contributed by atoms with van der Waals surface area (Å²) in [5.41, 5.74) is 3.99. The second-order valence-electron chi connectivity index (χ2n) is 8.16. The Bertz CT molecular complexity index is 712. The SMILES string of the molecule is CC(C)Oc1ccc(C(C)C)cc1CN[C@H]1CCCN[C@H]1c1ccccc1. The highest BCUT2D eigenvalue weighted by Crippen LogP contribution is 2.27. The van der Waals surface area contributed by atoms with Gasteiger partial charge in [-0.3, -0.25) is 0 Å². The molecule has 146 valence electrons. The van der Waals surface area contributed by atoms with E-state index in [-0.39, 0.29) is 6.10 Å². The molecule has 2 N–H and O–H groups in total. The molecule has 0 aromatic heterocycles. The van der Waals surface area contributed by atoms with E-state index in [1.807, 2.05) is 0 Å². The predicted octanol–water partition coefficient (Wildman–Crippen LogP) is 5.18. The first kappa shape index (κ1) is 19.9. The molecule has 0 aliphatic carbocycles. The molecule has 27 heavy (non-hydrogen) atoms. The molecule has 3 rings (SSSR count). The molecule has 1 saturated heterocycles. The van der Waals surface area contributed by atoms with Crippen molar-refractivity contribution < 1.29 is 4.74 Å². The Morgan fingerprint density at radius 2 is 1.85 bits per heavy atom. The van der Waals surface area contributed by atoms with Gasteiger partial charge in [-0.05, 0) is 56.3 Å². The third-order valence-electron chi connectivity index (χ3n) is 5.29. The minimum absolute atomic E-state index is 0.182. The standard InChI is InChI=1S/C24H34N2O/c1-17(2)20-12-13-23(27-18(3)4)21(15-20)16-26-22-11-8-14-25-24(22)19-9-6-5-7-10-19/h5-7,9-10,12-13,15,17-18,22,24-26H,8,11,14,16H2,1-4H3/t22-,24-/m0/s1. The summed E-state index contributed by atoms with van der Waals surface area (Å²) in [5.74, 6) is 1.52. The molecular formula is C24H34N2O. The number of ether oxygens (including phenoxy) is 1. The molecule has 1 aliphatic heterocycles. The minimum atomic E-state index is 0.182. The first-order valence-electron chi connectivity index (χ1n) is 10.4. The van der Waals surface area contributed by atoms with Crippen LogP contribution in [0.3, 0.4) is 0 Å². The van der Waals surface area contributed by atoms with E-state index in [9.17, 15) is 0 Å². The van der Waals surface area contributed by atoms with E-state index in [2.05, 4.69) is 86.9 Å². The van der Waals surface area contributed by atoms with Crippen LogP contribution >= 0.6 is 0 Å². The van der Waals surface area contributed by atoms with Gasteiger partial charge >= 0.3 is 0 Å². The van der Waals surface area contributed by atoms with Crippen molar-refractivity contribution in [1.82, 2.24) is 10.6 Å². The Labute approximate surface area is 164 Å². The molecule has 0 saturated carbocycles. The Kier molecular flexibility index (Phi) is 6.92. The van der Waals surface area contributed by atoms with Crippen LogP contribution in [0.2, 0.25) is 0 Å². The third-order valence-corrected chi connectivity index (χ3v) is 5.29. The van der Waals surface area contributed by atoms with Gasteiger partial charge in [0.25, 0.3) is 0 Å². The van der Waals surface area contributed by atoms with E-state index >= 15 is 0 Å². The lowest BCUT2D eigenvalue weighted by Gasteiger charge is -2.34. The minimum Gasteiger partial charge on any atom is -0.491 e. The van der Waals surface area contributed by atoms with Crippen LogP contribution in [0.5, 0.6) is 5.75 Å². The van der Waals surface area contributed by atoms with Gasteiger partial charge in [0.1, 0.15) is 5.75 Å². The van der Waals surface area contributed by atoms with Crippen LogP contribution in [0, 0.1) is 0 Å². The highest BCUT2D eigenvalue weighted by molar-refractivity contribution is 5.38. The summed E-state index contributed by atoms with van der Waals surface area (Å²) in [6.45, 7) is 10.6. The fraction of sp³-hybridized carbons (Fsp3) is 0.500. The van der Waals surface area contributed by atoms with Crippen molar-refractivity contribution >= 4 is 0 Å². The second kappa shape index (κ2) is 9.38. The summed E-state index contributed by atoms with van der Waals surface area (Å²) in [4.78, 5) is 0. The largest absolute Gasteiger partial charge is 0.491 e. The fourth-order valence-electron chi connectivity index (χ4n) is 3.83. The van der Waals surface area contributed by atoms with E-state index < -0.39 is 0 Å². The maximum atomic E-state index is 6.08. The van der Waals surface area contributed by atoms with Crippen molar-refractivity contribution in [3.05, 3.63) is 65.2 Å². The molecule has 0 amide bonds. The van der Waals surface area contributed by atoms with Crippen molar-refractivity contribution in [1.29, 1.82) is 0 Å². The van der Waals surface area contributed by atoms with Crippen molar-refractivity contribution in [2.24, 2.45) is 0 Å². The maximum Gasteiger partial charge on any atom is 0.124 e. The highest BCUT2D eigenvalue weighted by Gasteiger charge is 2.25. The van der Waals surface area contributed by atoms with E-state index in [1.54, 1.807) is 0 Å². The molecular weight excluding hydrogens is 332 g/mol. The van der Waals surface area contributed by atoms with Crippen LogP contribution in [0.4, 0.5) is 0 Å². The Balaban J connectivity index is 1.76. The number of nitrogens with one attached hydrogen (secondary N) is 2. The Morgan fingerprint density at radius 3 is 2.56 bits per heavy atom. The van der Waals surface area contributed by atoms with E-state index in [0.29, 0.717) is 18.0 Å². The average molecular weight is 367 g/mol. The first-order valence-corrected chi connectivity index (χ1v) is 10.4. The van der Waals surface area contributed by atoms with Crippen LogP contribution < -0.4 is 15.4 Å².